The fraction of sp³-hybridized carbons (Fsp3) is 0.667. The van der Waals surface area contributed by atoms with Gasteiger partial charge in [-0.1, -0.05) is 19.9 Å². The van der Waals surface area contributed by atoms with E-state index >= 15 is 0 Å². The molecule has 2 saturated heterocycles. The van der Waals surface area contributed by atoms with E-state index < -0.39 is 7.12 Å². The van der Waals surface area contributed by atoms with Gasteiger partial charge in [0, 0.05) is 37.3 Å². The van der Waals surface area contributed by atoms with Crippen LogP contribution >= 0.6 is 11.8 Å². The van der Waals surface area contributed by atoms with Gasteiger partial charge in [0.25, 0.3) is 5.69 Å². The second kappa shape index (κ2) is 8.19. The number of nitro groups is 1. The van der Waals surface area contributed by atoms with Crippen molar-refractivity contribution >= 4 is 35.7 Å². The quantitative estimate of drug-likeness (QED) is 0.446. The van der Waals surface area contributed by atoms with E-state index in [0.717, 1.165) is 30.9 Å². The summed E-state index contributed by atoms with van der Waals surface area (Å²) in [6.45, 7) is 8.14. The zero-order chi connectivity index (χ0) is 18.7. The Labute approximate surface area is 159 Å². The van der Waals surface area contributed by atoms with Gasteiger partial charge in [0.1, 0.15) is 5.69 Å². The van der Waals surface area contributed by atoms with E-state index in [1.54, 1.807) is 6.07 Å². The van der Waals surface area contributed by atoms with Crippen LogP contribution in [0.2, 0.25) is 0 Å². The highest BCUT2D eigenvalue weighted by molar-refractivity contribution is 7.99. The van der Waals surface area contributed by atoms with E-state index in [9.17, 15) is 10.1 Å². The van der Waals surface area contributed by atoms with Gasteiger partial charge < -0.3 is 14.2 Å². The number of hydrogen-bond donors (Lipinski definition) is 0. The summed E-state index contributed by atoms with van der Waals surface area (Å²) in [6.07, 6.45) is 2.14. The van der Waals surface area contributed by atoms with Gasteiger partial charge in [-0.25, -0.2) is 0 Å². The van der Waals surface area contributed by atoms with Gasteiger partial charge in [-0.2, -0.15) is 11.8 Å². The zero-order valence-corrected chi connectivity index (χ0v) is 16.6. The Balaban J connectivity index is 1.85. The van der Waals surface area contributed by atoms with Crippen LogP contribution in [0.5, 0.6) is 0 Å². The molecule has 8 heteroatoms. The number of nitro benzene ring substituents is 1. The van der Waals surface area contributed by atoms with Crippen molar-refractivity contribution in [1.82, 2.24) is 0 Å². The third-order valence-corrected chi connectivity index (χ3v) is 6.05. The first kappa shape index (κ1) is 19.5. The van der Waals surface area contributed by atoms with E-state index in [-0.39, 0.29) is 16.0 Å². The minimum absolute atomic E-state index is 0.0274. The molecule has 0 N–H and O–H groups in total. The maximum atomic E-state index is 11.8. The van der Waals surface area contributed by atoms with Gasteiger partial charge in [0.05, 0.1) is 4.92 Å². The number of thioether (sulfide) groups is 1. The molecule has 0 saturated carbocycles. The number of rotatable bonds is 5. The fourth-order valence-corrected chi connectivity index (χ4v) is 4.66. The van der Waals surface area contributed by atoms with E-state index in [2.05, 4.69) is 25.7 Å². The summed E-state index contributed by atoms with van der Waals surface area (Å²) in [5, 5.41) is 11.8. The lowest BCUT2D eigenvalue weighted by Gasteiger charge is -2.35. The van der Waals surface area contributed by atoms with Gasteiger partial charge >= 0.3 is 7.12 Å². The van der Waals surface area contributed by atoms with Gasteiger partial charge in [-0.05, 0) is 42.8 Å². The monoisotopic (exact) mass is 378 g/mol. The maximum absolute atomic E-state index is 11.8. The Kier molecular flexibility index (Phi) is 6.15. The molecule has 0 radical (unpaired) electrons. The molecule has 0 amide bonds. The highest BCUT2D eigenvalue weighted by atomic mass is 32.2. The Morgan fingerprint density at radius 1 is 1.31 bits per heavy atom. The van der Waals surface area contributed by atoms with Crippen LogP contribution in [0.4, 0.5) is 11.4 Å². The molecule has 2 heterocycles. The molecule has 0 spiro atoms. The standard InChI is InChI=1S/C18H27BN2O4S/c1-4-20(15-7-9-26-10-8-15)16-6-5-14(11-17(16)21(22)23)19-24-12-18(2,3)13-25-19/h5-6,11,15H,4,7-10,12-13H2,1-3H3. The number of benzene rings is 1. The molecular weight excluding hydrogens is 351 g/mol. The highest BCUT2D eigenvalue weighted by Crippen LogP contribution is 2.33. The average molecular weight is 378 g/mol. The van der Waals surface area contributed by atoms with Crippen molar-refractivity contribution in [2.75, 3.05) is 36.2 Å². The van der Waals surface area contributed by atoms with Crippen LogP contribution in [-0.2, 0) is 9.31 Å². The largest absolute Gasteiger partial charge is 0.494 e. The van der Waals surface area contributed by atoms with E-state index in [4.69, 9.17) is 9.31 Å². The molecule has 26 heavy (non-hydrogen) atoms. The molecule has 142 valence electrons. The van der Waals surface area contributed by atoms with Crippen LogP contribution < -0.4 is 10.4 Å². The van der Waals surface area contributed by atoms with Gasteiger partial charge in [0.2, 0.25) is 0 Å². The van der Waals surface area contributed by atoms with Crippen LogP contribution in [0.25, 0.3) is 0 Å². The lowest BCUT2D eigenvalue weighted by Crippen LogP contribution is -2.47. The first-order valence-electron chi connectivity index (χ1n) is 9.27. The SMILES string of the molecule is CCN(c1ccc(B2OCC(C)(C)CO2)cc1[N+](=O)[O-])C1CCSCC1. The molecule has 2 aliphatic rings. The smallest absolute Gasteiger partial charge is 0.407 e. The van der Waals surface area contributed by atoms with Crippen LogP contribution in [0.1, 0.15) is 33.6 Å². The molecular formula is C18H27BN2O4S. The zero-order valence-electron chi connectivity index (χ0n) is 15.8. The summed E-state index contributed by atoms with van der Waals surface area (Å²) in [6, 6.07) is 5.77. The van der Waals surface area contributed by atoms with Crippen molar-refractivity contribution in [3.8, 4) is 0 Å². The summed E-state index contributed by atoms with van der Waals surface area (Å²) >= 11 is 1.96. The summed E-state index contributed by atoms with van der Waals surface area (Å²) in [5.41, 5.74) is 1.53. The molecule has 1 aromatic carbocycles. The highest BCUT2D eigenvalue weighted by Gasteiger charge is 2.35. The van der Waals surface area contributed by atoms with Crippen LogP contribution in [0.15, 0.2) is 18.2 Å². The maximum Gasteiger partial charge on any atom is 0.494 e. The Bertz CT molecular complexity index is 642. The van der Waals surface area contributed by atoms with Crippen molar-refractivity contribution in [2.45, 2.75) is 39.7 Å². The molecule has 0 aromatic heterocycles. The minimum Gasteiger partial charge on any atom is -0.407 e. The van der Waals surface area contributed by atoms with Crippen LogP contribution in [-0.4, -0.2) is 49.3 Å². The predicted molar refractivity (Wildman–Crippen MR) is 108 cm³/mol. The molecule has 6 nitrogen and oxygen atoms in total. The molecule has 1 aromatic rings. The summed E-state index contributed by atoms with van der Waals surface area (Å²) in [4.78, 5) is 13.7. The fourth-order valence-electron chi connectivity index (χ4n) is 3.58. The summed E-state index contributed by atoms with van der Waals surface area (Å²) < 4.78 is 11.6. The van der Waals surface area contributed by atoms with Gasteiger partial charge in [-0.15, -0.1) is 0 Å². The van der Waals surface area contributed by atoms with Crippen LogP contribution in [0, 0.1) is 15.5 Å². The molecule has 3 rings (SSSR count). The minimum atomic E-state index is -0.531. The summed E-state index contributed by atoms with van der Waals surface area (Å²) in [5.74, 6) is 2.24. The lowest BCUT2D eigenvalue weighted by molar-refractivity contribution is -0.384. The number of nitrogens with zero attached hydrogens (tertiary/aromatic N) is 2. The molecule has 0 unspecified atom stereocenters. The molecule has 2 aliphatic heterocycles. The van der Waals surface area contributed by atoms with Crippen molar-refractivity contribution in [1.29, 1.82) is 0 Å². The lowest BCUT2D eigenvalue weighted by atomic mass is 9.75. The van der Waals surface area contributed by atoms with Crippen LogP contribution in [0.3, 0.4) is 0 Å². The van der Waals surface area contributed by atoms with Crippen molar-refractivity contribution in [2.24, 2.45) is 5.41 Å². The topological polar surface area (TPSA) is 64.8 Å². The normalized spacial score (nSPS) is 20.8. The second-order valence-corrected chi connectivity index (χ2v) is 8.98. The van der Waals surface area contributed by atoms with Crippen molar-refractivity contribution in [3.05, 3.63) is 28.3 Å². The number of hydrogen-bond acceptors (Lipinski definition) is 6. The third-order valence-electron chi connectivity index (χ3n) is 5.00. The molecule has 0 atom stereocenters. The second-order valence-electron chi connectivity index (χ2n) is 7.75. The molecule has 2 fully saturated rings. The first-order chi connectivity index (χ1) is 12.4. The third kappa shape index (κ3) is 4.35. The first-order valence-corrected chi connectivity index (χ1v) is 10.4. The van der Waals surface area contributed by atoms with Crippen molar-refractivity contribution < 1.29 is 14.2 Å². The van der Waals surface area contributed by atoms with E-state index in [0.29, 0.717) is 30.4 Å². The van der Waals surface area contributed by atoms with E-state index in [1.165, 1.54) is 0 Å². The summed E-state index contributed by atoms with van der Waals surface area (Å²) in [7, 11) is -0.531. The molecule has 0 bridgehead atoms. The Hall–Kier alpha value is -1.25. The molecule has 0 aliphatic carbocycles. The predicted octanol–water partition coefficient (Wildman–Crippen LogP) is 3.08. The van der Waals surface area contributed by atoms with E-state index in [1.807, 2.05) is 23.9 Å². The van der Waals surface area contributed by atoms with Crippen molar-refractivity contribution in [3.63, 3.8) is 0 Å². The average Bonchev–Trinajstić information content (AvgIpc) is 2.63. The van der Waals surface area contributed by atoms with Gasteiger partial charge in [0.15, 0.2) is 0 Å². The Morgan fingerprint density at radius 2 is 1.96 bits per heavy atom. The van der Waals surface area contributed by atoms with Gasteiger partial charge in [-0.3, -0.25) is 10.1 Å². The Morgan fingerprint density at radius 3 is 2.54 bits per heavy atom. The number of anilines is 1.